The fraction of sp³-hybridized carbons (Fsp3) is 0.833. The van der Waals surface area contributed by atoms with Gasteiger partial charge in [0.15, 0.2) is 0 Å². The number of carbonyl (C=O) groups is 1. The Morgan fingerprint density at radius 3 is 2.48 bits per heavy atom. The second-order valence-electron chi connectivity index (χ2n) is 7.95. The summed E-state index contributed by atoms with van der Waals surface area (Å²) in [7, 11) is 0. The van der Waals surface area contributed by atoms with Gasteiger partial charge in [0.2, 0.25) is 0 Å². The molecule has 0 fully saturated rings. The van der Waals surface area contributed by atoms with Gasteiger partial charge in [-0.05, 0) is 44.4 Å². The molecule has 122 valence electrons. The summed E-state index contributed by atoms with van der Waals surface area (Å²) >= 11 is 0. The Labute approximate surface area is 130 Å². The minimum absolute atomic E-state index is 0.118. The molecule has 3 heteroatoms. The maximum Gasteiger partial charge on any atom is 0.326 e. The Bertz CT molecular complexity index is 404. The van der Waals surface area contributed by atoms with Crippen molar-refractivity contribution in [2.24, 2.45) is 23.0 Å². The van der Waals surface area contributed by atoms with E-state index in [2.05, 4.69) is 19.9 Å². The number of hydrogen-bond acceptors (Lipinski definition) is 3. The highest BCUT2D eigenvalue weighted by Crippen LogP contribution is 2.34. The monoisotopic (exact) mass is 295 g/mol. The van der Waals surface area contributed by atoms with Gasteiger partial charge < -0.3 is 10.5 Å². The van der Waals surface area contributed by atoms with E-state index in [0.717, 1.165) is 12.8 Å². The molecule has 3 nitrogen and oxygen atoms in total. The summed E-state index contributed by atoms with van der Waals surface area (Å²) < 4.78 is 5.71. The van der Waals surface area contributed by atoms with E-state index >= 15 is 0 Å². The van der Waals surface area contributed by atoms with E-state index in [0.29, 0.717) is 11.8 Å². The van der Waals surface area contributed by atoms with E-state index < -0.39 is 5.54 Å². The van der Waals surface area contributed by atoms with Crippen molar-refractivity contribution in [1.82, 2.24) is 0 Å². The van der Waals surface area contributed by atoms with Crippen molar-refractivity contribution in [3.05, 3.63) is 11.6 Å². The first-order chi connectivity index (χ1) is 9.49. The number of carbonyl (C=O) groups excluding carboxylic acids is 1. The maximum atomic E-state index is 12.4. The average molecular weight is 295 g/mol. The molecule has 1 aliphatic carbocycles. The van der Waals surface area contributed by atoms with Gasteiger partial charge >= 0.3 is 5.97 Å². The topological polar surface area (TPSA) is 52.3 Å². The molecule has 0 aromatic rings. The van der Waals surface area contributed by atoms with Gasteiger partial charge in [0.05, 0.1) is 0 Å². The van der Waals surface area contributed by atoms with Crippen LogP contribution in [0.25, 0.3) is 0 Å². The van der Waals surface area contributed by atoms with Crippen LogP contribution in [0.2, 0.25) is 0 Å². The van der Waals surface area contributed by atoms with Gasteiger partial charge in [0, 0.05) is 5.92 Å². The lowest BCUT2D eigenvalue weighted by molar-refractivity contribution is -0.160. The lowest BCUT2D eigenvalue weighted by Gasteiger charge is -2.38. The van der Waals surface area contributed by atoms with Crippen LogP contribution >= 0.6 is 0 Å². The molecule has 0 aromatic heterocycles. The van der Waals surface area contributed by atoms with Gasteiger partial charge in [0.1, 0.15) is 11.6 Å². The first-order valence-corrected chi connectivity index (χ1v) is 8.18. The minimum atomic E-state index is -0.973. The predicted octanol–water partition coefficient (Wildman–Crippen LogP) is 4.06. The normalized spacial score (nSPS) is 27.5. The largest absolute Gasteiger partial charge is 0.461 e. The lowest BCUT2D eigenvalue weighted by Crippen LogP contribution is -2.56. The van der Waals surface area contributed by atoms with Crippen molar-refractivity contribution in [1.29, 1.82) is 0 Å². The Kier molecular flexibility index (Phi) is 5.65. The van der Waals surface area contributed by atoms with Crippen LogP contribution in [0.5, 0.6) is 0 Å². The third-order valence-electron chi connectivity index (χ3n) is 5.07. The Morgan fingerprint density at radius 2 is 2.00 bits per heavy atom. The van der Waals surface area contributed by atoms with E-state index in [1.807, 2.05) is 27.7 Å². The summed E-state index contributed by atoms with van der Waals surface area (Å²) in [6, 6.07) is 0. The van der Waals surface area contributed by atoms with Crippen LogP contribution in [-0.4, -0.2) is 17.6 Å². The Morgan fingerprint density at radius 1 is 1.43 bits per heavy atom. The highest BCUT2D eigenvalue weighted by molar-refractivity contribution is 5.81. The summed E-state index contributed by atoms with van der Waals surface area (Å²) in [6.07, 6.45) is 5.52. The van der Waals surface area contributed by atoms with Gasteiger partial charge in [-0.15, -0.1) is 0 Å². The molecule has 0 bridgehead atoms. The first kappa shape index (κ1) is 18.2. The molecule has 0 aliphatic heterocycles. The van der Waals surface area contributed by atoms with Crippen molar-refractivity contribution in [3.8, 4) is 0 Å². The van der Waals surface area contributed by atoms with Crippen LogP contribution in [-0.2, 0) is 9.53 Å². The molecule has 0 spiro atoms. The van der Waals surface area contributed by atoms with Crippen molar-refractivity contribution >= 4 is 5.97 Å². The molecule has 0 saturated heterocycles. The standard InChI is InChI=1S/C18H33NO2/c1-8-14-9-12(2)10-15(11-14)13(3)21-16(20)18(7,19)17(4,5)6/h11-13,15H,8-10,19H2,1-7H3. The zero-order chi connectivity index (χ0) is 16.4. The van der Waals surface area contributed by atoms with E-state index in [1.165, 1.54) is 12.0 Å². The van der Waals surface area contributed by atoms with Crippen LogP contribution in [0, 0.1) is 17.3 Å². The fourth-order valence-corrected chi connectivity index (χ4v) is 2.71. The van der Waals surface area contributed by atoms with Gasteiger partial charge in [-0.25, -0.2) is 0 Å². The molecule has 4 unspecified atom stereocenters. The van der Waals surface area contributed by atoms with Gasteiger partial charge in [-0.1, -0.05) is 46.3 Å². The Hall–Kier alpha value is -0.830. The second kappa shape index (κ2) is 6.51. The molecule has 0 saturated carbocycles. The summed E-state index contributed by atoms with van der Waals surface area (Å²) in [5.41, 5.74) is 6.39. The Balaban J connectivity index is 2.77. The van der Waals surface area contributed by atoms with Crippen LogP contribution in [0.1, 0.15) is 67.7 Å². The zero-order valence-electron chi connectivity index (χ0n) is 14.8. The first-order valence-electron chi connectivity index (χ1n) is 8.18. The zero-order valence-corrected chi connectivity index (χ0v) is 14.8. The number of nitrogens with two attached hydrogens (primary N) is 1. The molecule has 0 amide bonds. The summed E-state index contributed by atoms with van der Waals surface area (Å²) in [4.78, 5) is 12.4. The predicted molar refractivity (Wildman–Crippen MR) is 87.9 cm³/mol. The molecule has 1 aliphatic rings. The summed E-state index contributed by atoms with van der Waals surface area (Å²) in [6.45, 7) is 14.1. The molecule has 0 radical (unpaired) electrons. The van der Waals surface area contributed by atoms with E-state index in [1.54, 1.807) is 6.92 Å². The van der Waals surface area contributed by atoms with Crippen LogP contribution in [0.3, 0.4) is 0 Å². The second-order valence-corrected chi connectivity index (χ2v) is 7.95. The van der Waals surface area contributed by atoms with E-state index in [-0.39, 0.29) is 17.5 Å². The number of esters is 1. The molecular formula is C18H33NO2. The quantitative estimate of drug-likeness (QED) is 0.628. The van der Waals surface area contributed by atoms with Gasteiger partial charge in [0.25, 0.3) is 0 Å². The molecule has 2 N–H and O–H groups in total. The lowest BCUT2D eigenvalue weighted by atomic mass is 9.75. The fourth-order valence-electron chi connectivity index (χ4n) is 2.71. The van der Waals surface area contributed by atoms with E-state index in [9.17, 15) is 4.79 Å². The van der Waals surface area contributed by atoms with Crippen molar-refractivity contribution in [3.63, 3.8) is 0 Å². The van der Waals surface area contributed by atoms with E-state index in [4.69, 9.17) is 10.5 Å². The molecule has 0 heterocycles. The number of hydrogen-bond donors (Lipinski definition) is 1. The summed E-state index contributed by atoms with van der Waals surface area (Å²) in [5, 5.41) is 0. The third-order valence-corrected chi connectivity index (χ3v) is 5.07. The van der Waals surface area contributed by atoms with Gasteiger partial charge in [-0.3, -0.25) is 4.79 Å². The number of ether oxygens (including phenoxy) is 1. The molecule has 1 rings (SSSR count). The molecule has 0 aromatic carbocycles. The minimum Gasteiger partial charge on any atom is -0.461 e. The maximum absolute atomic E-state index is 12.4. The van der Waals surface area contributed by atoms with Crippen LogP contribution in [0.4, 0.5) is 0 Å². The molecular weight excluding hydrogens is 262 g/mol. The van der Waals surface area contributed by atoms with Crippen molar-refractivity contribution < 1.29 is 9.53 Å². The average Bonchev–Trinajstić information content (AvgIpc) is 2.36. The third kappa shape index (κ3) is 4.32. The van der Waals surface area contributed by atoms with Crippen molar-refractivity contribution in [2.75, 3.05) is 0 Å². The SMILES string of the molecule is CCC1=CC(C(C)OC(=O)C(C)(N)C(C)(C)C)CC(C)C1. The summed E-state index contributed by atoms with van der Waals surface area (Å²) in [5.74, 6) is 0.665. The van der Waals surface area contributed by atoms with Gasteiger partial charge in [-0.2, -0.15) is 0 Å². The highest BCUT2D eigenvalue weighted by Gasteiger charge is 2.43. The molecule has 4 atom stereocenters. The van der Waals surface area contributed by atoms with Crippen LogP contribution in [0.15, 0.2) is 11.6 Å². The number of rotatable bonds is 4. The number of allylic oxidation sites excluding steroid dienone is 1. The van der Waals surface area contributed by atoms with Crippen molar-refractivity contribution in [2.45, 2.75) is 79.4 Å². The van der Waals surface area contributed by atoms with Crippen LogP contribution < -0.4 is 5.73 Å². The smallest absolute Gasteiger partial charge is 0.326 e. The highest BCUT2D eigenvalue weighted by atomic mass is 16.5. The molecule has 21 heavy (non-hydrogen) atoms.